The number of piperazine rings is 1. The van der Waals surface area contributed by atoms with E-state index in [1.165, 1.54) is 5.56 Å². The molecule has 1 aliphatic rings. The lowest BCUT2D eigenvalue weighted by Gasteiger charge is -2.34. The van der Waals surface area contributed by atoms with Crippen LogP contribution in [0.3, 0.4) is 0 Å². The van der Waals surface area contributed by atoms with Crippen molar-refractivity contribution in [2.24, 2.45) is 0 Å². The molecule has 4 heteroatoms. The second kappa shape index (κ2) is 8.49. The normalized spacial score (nSPS) is 16.3. The van der Waals surface area contributed by atoms with Crippen molar-refractivity contribution in [3.8, 4) is 11.8 Å². The molecule has 2 aromatic carbocycles. The number of nitrogens with one attached hydrogen (secondary N) is 1. The highest BCUT2D eigenvalue weighted by Gasteiger charge is 2.21. The molecule has 24 heavy (non-hydrogen) atoms. The van der Waals surface area contributed by atoms with Crippen molar-refractivity contribution < 1.29 is 4.74 Å². The van der Waals surface area contributed by atoms with Crippen molar-refractivity contribution >= 4 is 0 Å². The van der Waals surface area contributed by atoms with Crippen molar-refractivity contribution in [2.75, 3.05) is 26.2 Å². The lowest BCUT2D eigenvalue weighted by molar-refractivity contribution is 0.175. The molecule has 0 aliphatic carbocycles. The Labute approximate surface area is 143 Å². The van der Waals surface area contributed by atoms with Gasteiger partial charge in [0.15, 0.2) is 0 Å². The summed E-state index contributed by atoms with van der Waals surface area (Å²) in [5.74, 6) is 0.860. The number of nitrogens with zero attached hydrogens (tertiary/aromatic N) is 2. The van der Waals surface area contributed by atoms with Gasteiger partial charge in [-0.25, -0.2) is 0 Å². The molecular weight excluding hydrogens is 298 g/mol. The van der Waals surface area contributed by atoms with Gasteiger partial charge in [-0.1, -0.05) is 42.5 Å². The summed E-state index contributed by atoms with van der Waals surface area (Å²) < 4.78 is 5.84. The Hall–Kier alpha value is -2.35. The van der Waals surface area contributed by atoms with Crippen molar-refractivity contribution in [3.05, 3.63) is 65.7 Å². The van der Waals surface area contributed by atoms with Crippen LogP contribution in [0.15, 0.2) is 54.6 Å². The number of nitriles is 1. The highest BCUT2D eigenvalue weighted by atomic mass is 16.5. The van der Waals surface area contributed by atoms with Gasteiger partial charge in [-0.05, 0) is 23.3 Å². The average molecular weight is 321 g/mol. The second-order valence-electron chi connectivity index (χ2n) is 6.01. The van der Waals surface area contributed by atoms with Gasteiger partial charge in [-0.15, -0.1) is 0 Å². The number of hydrogen-bond donors (Lipinski definition) is 1. The molecule has 0 unspecified atom stereocenters. The number of ether oxygens (including phenoxy) is 1. The van der Waals surface area contributed by atoms with Crippen LogP contribution < -0.4 is 10.1 Å². The first-order valence-electron chi connectivity index (χ1n) is 8.45. The molecule has 4 nitrogen and oxygen atoms in total. The molecule has 3 rings (SSSR count). The van der Waals surface area contributed by atoms with Crippen LogP contribution in [0, 0.1) is 11.3 Å². The molecule has 124 valence electrons. The zero-order valence-corrected chi connectivity index (χ0v) is 13.8. The fourth-order valence-corrected chi connectivity index (χ4v) is 3.07. The van der Waals surface area contributed by atoms with Gasteiger partial charge in [0.25, 0.3) is 0 Å². The van der Waals surface area contributed by atoms with Gasteiger partial charge < -0.3 is 10.1 Å². The first-order chi connectivity index (χ1) is 11.9. The molecule has 2 aromatic rings. The van der Waals surface area contributed by atoms with E-state index in [4.69, 9.17) is 4.74 Å². The summed E-state index contributed by atoms with van der Waals surface area (Å²) in [4.78, 5) is 2.39. The third kappa shape index (κ3) is 4.35. The summed E-state index contributed by atoms with van der Waals surface area (Å²) in [6.07, 6.45) is 0.518. The zero-order chi connectivity index (χ0) is 16.6. The molecule has 0 radical (unpaired) electrons. The van der Waals surface area contributed by atoms with Crippen LogP contribution in [0.25, 0.3) is 0 Å². The fourth-order valence-electron chi connectivity index (χ4n) is 3.07. The molecule has 0 bridgehead atoms. The molecule has 1 atom stereocenters. The Morgan fingerprint density at radius 1 is 1.04 bits per heavy atom. The van der Waals surface area contributed by atoms with Gasteiger partial charge >= 0.3 is 0 Å². The molecule has 1 aliphatic heterocycles. The molecule has 0 aromatic heterocycles. The van der Waals surface area contributed by atoms with E-state index in [1.54, 1.807) is 0 Å². The van der Waals surface area contributed by atoms with Crippen molar-refractivity contribution in [1.29, 1.82) is 5.26 Å². The number of hydrogen-bond acceptors (Lipinski definition) is 4. The topological polar surface area (TPSA) is 48.3 Å². The Kier molecular flexibility index (Phi) is 5.84. The highest BCUT2D eigenvalue weighted by Crippen LogP contribution is 2.26. The largest absolute Gasteiger partial charge is 0.489 e. The first-order valence-corrected chi connectivity index (χ1v) is 8.45. The minimum atomic E-state index is 0.167. The molecule has 1 fully saturated rings. The number of benzene rings is 2. The second-order valence-corrected chi connectivity index (χ2v) is 6.01. The van der Waals surface area contributed by atoms with E-state index in [9.17, 15) is 5.26 Å². The minimum Gasteiger partial charge on any atom is -0.489 e. The van der Waals surface area contributed by atoms with E-state index in [1.807, 2.05) is 30.3 Å². The Balaban J connectivity index is 1.64. The molecule has 1 N–H and O–H groups in total. The predicted octanol–water partition coefficient (Wildman–Crippen LogP) is 3.13. The van der Waals surface area contributed by atoms with Crippen LogP contribution in [0.1, 0.15) is 23.6 Å². The maximum Gasteiger partial charge on any atom is 0.119 e. The van der Waals surface area contributed by atoms with Crippen LogP contribution >= 0.6 is 0 Å². The van der Waals surface area contributed by atoms with Gasteiger partial charge in [-0.3, -0.25) is 4.90 Å². The summed E-state index contributed by atoms with van der Waals surface area (Å²) in [5.41, 5.74) is 2.34. The third-order valence-corrected chi connectivity index (χ3v) is 4.39. The van der Waals surface area contributed by atoms with E-state index >= 15 is 0 Å². The standard InChI is InChI=1S/C20H23N3O/c21-11-10-20(23-14-12-22-13-15-23)18-6-8-19(9-7-18)24-16-17-4-2-1-3-5-17/h1-9,20,22H,10,12-16H2/t20-/m0/s1. The lowest BCUT2D eigenvalue weighted by atomic mass is 10.0. The van der Waals surface area contributed by atoms with Crippen molar-refractivity contribution in [3.63, 3.8) is 0 Å². The zero-order valence-electron chi connectivity index (χ0n) is 13.8. The maximum absolute atomic E-state index is 9.18. The van der Waals surface area contributed by atoms with E-state index < -0.39 is 0 Å². The summed E-state index contributed by atoms with van der Waals surface area (Å²) >= 11 is 0. The lowest BCUT2D eigenvalue weighted by Crippen LogP contribution is -2.45. The Bertz CT molecular complexity index is 658. The van der Waals surface area contributed by atoms with E-state index in [0.717, 1.165) is 37.5 Å². The van der Waals surface area contributed by atoms with Crippen molar-refractivity contribution in [1.82, 2.24) is 10.2 Å². The fraction of sp³-hybridized carbons (Fsp3) is 0.350. The van der Waals surface area contributed by atoms with Crippen molar-refractivity contribution in [2.45, 2.75) is 19.1 Å². The quantitative estimate of drug-likeness (QED) is 0.888. The molecule has 0 spiro atoms. The average Bonchev–Trinajstić information content (AvgIpc) is 2.66. The van der Waals surface area contributed by atoms with Gasteiger partial charge in [0.1, 0.15) is 12.4 Å². The SMILES string of the molecule is N#CC[C@@H](c1ccc(OCc2ccccc2)cc1)N1CCNCC1. The van der Waals surface area contributed by atoms with Crippen LogP contribution in [0.4, 0.5) is 0 Å². The van der Waals surface area contributed by atoms with E-state index in [0.29, 0.717) is 13.0 Å². The van der Waals surface area contributed by atoms with Crippen LogP contribution in [0.2, 0.25) is 0 Å². The summed E-state index contributed by atoms with van der Waals surface area (Å²) in [5, 5.41) is 12.5. The molecule has 0 saturated carbocycles. The molecular formula is C20H23N3O. The molecule has 0 amide bonds. The smallest absolute Gasteiger partial charge is 0.119 e. The van der Waals surface area contributed by atoms with E-state index in [-0.39, 0.29) is 6.04 Å². The van der Waals surface area contributed by atoms with Crippen LogP contribution in [-0.4, -0.2) is 31.1 Å². The predicted molar refractivity (Wildman–Crippen MR) is 94.6 cm³/mol. The summed E-state index contributed by atoms with van der Waals surface area (Å²) in [6.45, 7) is 4.51. The minimum absolute atomic E-state index is 0.167. The summed E-state index contributed by atoms with van der Waals surface area (Å²) in [7, 11) is 0. The monoisotopic (exact) mass is 321 g/mol. The van der Waals surface area contributed by atoms with Gasteiger partial charge in [0, 0.05) is 32.2 Å². The van der Waals surface area contributed by atoms with E-state index in [2.05, 4.69) is 40.6 Å². The maximum atomic E-state index is 9.18. The third-order valence-electron chi connectivity index (χ3n) is 4.39. The Morgan fingerprint density at radius 2 is 1.75 bits per heavy atom. The van der Waals surface area contributed by atoms with Gasteiger partial charge in [0.05, 0.1) is 12.5 Å². The van der Waals surface area contributed by atoms with Gasteiger partial charge in [0.2, 0.25) is 0 Å². The number of rotatable bonds is 6. The molecule has 1 heterocycles. The van der Waals surface area contributed by atoms with Crippen LogP contribution in [-0.2, 0) is 6.61 Å². The summed E-state index contributed by atoms with van der Waals surface area (Å²) in [6, 6.07) is 20.8. The first kappa shape index (κ1) is 16.5. The molecule has 1 saturated heterocycles. The highest BCUT2D eigenvalue weighted by molar-refractivity contribution is 5.30. The van der Waals surface area contributed by atoms with Crippen LogP contribution in [0.5, 0.6) is 5.75 Å². The Morgan fingerprint density at radius 3 is 2.42 bits per heavy atom. The van der Waals surface area contributed by atoms with Gasteiger partial charge in [-0.2, -0.15) is 5.26 Å².